The number of halogens is 3. The third-order valence-corrected chi connectivity index (χ3v) is 2.87. The van der Waals surface area contributed by atoms with Crippen molar-refractivity contribution in [2.75, 3.05) is 7.05 Å². The van der Waals surface area contributed by atoms with E-state index in [0.717, 1.165) is 12.3 Å². The second-order valence-electron chi connectivity index (χ2n) is 4.08. The average Bonchev–Trinajstić information content (AvgIpc) is 2.76. The Morgan fingerprint density at radius 1 is 1.32 bits per heavy atom. The molecule has 2 aromatic heterocycles. The summed E-state index contributed by atoms with van der Waals surface area (Å²) in [4.78, 5) is 7.88. The van der Waals surface area contributed by atoms with Gasteiger partial charge in [0.25, 0.3) is 0 Å². The Labute approximate surface area is 108 Å². The predicted molar refractivity (Wildman–Crippen MR) is 63.3 cm³/mol. The Kier molecular flexibility index (Phi) is 3.57. The molecule has 7 heteroatoms. The molecule has 0 saturated carbocycles. The maximum atomic E-state index is 13.0. The quantitative estimate of drug-likeness (QED) is 0.929. The minimum Gasteiger partial charge on any atom is -0.336 e. The zero-order valence-corrected chi connectivity index (χ0v) is 10.4. The van der Waals surface area contributed by atoms with Crippen molar-refractivity contribution in [3.63, 3.8) is 0 Å². The fourth-order valence-corrected chi connectivity index (χ4v) is 1.97. The molecule has 19 heavy (non-hydrogen) atoms. The van der Waals surface area contributed by atoms with Gasteiger partial charge in [-0.1, -0.05) is 0 Å². The molecule has 102 valence electrons. The molecule has 0 spiro atoms. The van der Waals surface area contributed by atoms with Gasteiger partial charge in [0.05, 0.1) is 11.6 Å². The summed E-state index contributed by atoms with van der Waals surface area (Å²) in [7, 11) is 3.32. The third-order valence-electron chi connectivity index (χ3n) is 2.87. The van der Waals surface area contributed by atoms with E-state index in [1.807, 2.05) is 0 Å². The van der Waals surface area contributed by atoms with Gasteiger partial charge in [-0.15, -0.1) is 0 Å². The number of alkyl halides is 3. The summed E-state index contributed by atoms with van der Waals surface area (Å²) in [5.41, 5.74) is -0.642. The van der Waals surface area contributed by atoms with Crippen LogP contribution in [0.2, 0.25) is 0 Å². The van der Waals surface area contributed by atoms with E-state index in [1.54, 1.807) is 31.1 Å². The fourth-order valence-electron chi connectivity index (χ4n) is 1.97. The van der Waals surface area contributed by atoms with E-state index in [1.165, 1.54) is 6.20 Å². The van der Waals surface area contributed by atoms with Crippen molar-refractivity contribution in [2.45, 2.75) is 12.2 Å². The van der Waals surface area contributed by atoms with Crippen LogP contribution in [-0.4, -0.2) is 21.6 Å². The molecule has 0 aliphatic heterocycles. The molecule has 0 aromatic carbocycles. The summed E-state index contributed by atoms with van der Waals surface area (Å²) in [6, 6.07) is 0.313. The molecule has 0 fully saturated rings. The topological polar surface area (TPSA) is 42.7 Å². The lowest BCUT2D eigenvalue weighted by Gasteiger charge is -2.20. The van der Waals surface area contributed by atoms with E-state index in [9.17, 15) is 13.2 Å². The van der Waals surface area contributed by atoms with Crippen LogP contribution in [0.3, 0.4) is 0 Å². The molecule has 0 aliphatic carbocycles. The minimum atomic E-state index is -4.42. The number of aromatic nitrogens is 3. The van der Waals surface area contributed by atoms with Crippen LogP contribution >= 0.6 is 0 Å². The molecule has 1 N–H and O–H groups in total. The van der Waals surface area contributed by atoms with Gasteiger partial charge in [0, 0.05) is 37.4 Å². The maximum absolute atomic E-state index is 13.0. The van der Waals surface area contributed by atoms with Crippen molar-refractivity contribution in [1.29, 1.82) is 0 Å². The lowest BCUT2D eigenvalue weighted by Crippen LogP contribution is -2.24. The summed E-state index contributed by atoms with van der Waals surface area (Å²) in [5, 5.41) is 2.85. The van der Waals surface area contributed by atoms with Crippen LogP contribution in [0.5, 0.6) is 0 Å². The van der Waals surface area contributed by atoms with Gasteiger partial charge >= 0.3 is 6.18 Å². The van der Waals surface area contributed by atoms with Crippen molar-refractivity contribution in [1.82, 2.24) is 19.9 Å². The van der Waals surface area contributed by atoms with Crippen LogP contribution in [0.15, 0.2) is 30.9 Å². The van der Waals surface area contributed by atoms with Crippen LogP contribution in [0.25, 0.3) is 0 Å². The maximum Gasteiger partial charge on any atom is 0.416 e. The summed E-state index contributed by atoms with van der Waals surface area (Å²) in [6.45, 7) is 0. The first-order valence-corrected chi connectivity index (χ1v) is 5.60. The van der Waals surface area contributed by atoms with Crippen LogP contribution in [-0.2, 0) is 13.2 Å². The fraction of sp³-hybridized carbons (Fsp3) is 0.333. The monoisotopic (exact) mass is 270 g/mol. The molecule has 0 aliphatic rings. The summed E-state index contributed by atoms with van der Waals surface area (Å²) < 4.78 is 40.7. The van der Waals surface area contributed by atoms with Gasteiger partial charge in [-0.2, -0.15) is 13.2 Å². The first kappa shape index (κ1) is 13.5. The number of hydrogen-bond acceptors (Lipinski definition) is 3. The van der Waals surface area contributed by atoms with Crippen molar-refractivity contribution in [2.24, 2.45) is 7.05 Å². The molecular weight excluding hydrogens is 257 g/mol. The zero-order valence-electron chi connectivity index (χ0n) is 10.4. The number of aryl methyl sites for hydroxylation is 1. The Morgan fingerprint density at radius 3 is 2.58 bits per heavy atom. The Bertz CT molecular complexity index is 562. The zero-order chi connectivity index (χ0) is 14.0. The first-order chi connectivity index (χ1) is 8.95. The van der Waals surface area contributed by atoms with Gasteiger partial charge in [-0.25, -0.2) is 4.98 Å². The standard InChI is InChI=1S/C12H13F3N4/c1-16-10(11-18-5-6-19(11)2)8-7-17-4-3-9(8)12(13,14)15/h3-7,10,16H,1-2H3. The van der Waals surface area contributed by atoms with Crippen molar-refractivity contribution in [3.8, 4) is 0 Å². The molecule has 4 nitrogen and oxygen atoms in total. The van der Waals surface area contributed by atoms with E-state index in [2.05, 4.69) is 15.3 Å². The lowest BCUT2D eigenvalue weighted by atomic mass is 10.0. The van der Waals surface area contributed by atoms with Gasteiger partial charge in [-0.05, 0) is 13.1 Å². The van der Waals surface area contributed by atoms with E-state index >= 15 is 0 Å². The highest BCUT2D eigenvalue weighted by molar-refractivity contribution is 5.33. The SMILES string of the molecule is CNC(c1cnccc1C(F)(F)F)c1nccn1C. The first-order valence-electron chi connectivity index (χ1n) is 5.60. The van der Waals surface area contributed by atoms with E-state index in [4.69, 9.17) is 0 Å². The van der Waals surface area contributed by atoms with Gasteiger partial charge in [0.15, 0.2) is 0 Å². The lowest BCUT2D eigenvalue weighted by molar-refractivity contribution is -0.138. The highest BCUT2D eigenvalue weighted by Crippen LogP contribution is 2.35. The molecule has 0 bridgehead atoms. The van der Waals surface area contributed by atoms with Crippen molar-refractivity contribution >= 4 is 0 Å². The number of rotatable bonds is 3. The van der Waals surface area contributed by atoms with Crippen LogP contribution in [0.4, 0.5) is 13.2 Å². The van der Waals surface area contributed by atoms with E-state index in [0.29, 0.717) is 5.82 Å². The summed E-state index contributed by atoms with van der Waals surface area (Å²) in [5.74, 6) is 0.501. The van der Waals surface area contributed by atoms with Gasteiger partial charge in [0.1, 0.15) is 5.82 Å². The number of nitrogens with one attached hydrogen (secondary N) is 1. The smallest absolute Gasteiger partial charge is 0.336 e. The van der Waals surface area contributed by atoms with Crippen molar-refractivity contribution in [3.05, 3.63) is 47.8 Å². The molecule has 0 amide bonds. The van der Waals surface area contributed by atoms with Crippen LogP contribution in [0, 0.1) is 0 Å². The van der Waals surface area contributed by atoms with Gasteiger partial charge in [-0.3, -0.25) is 4.98 Å². The second kappa shape index (κ2) is 5.00. The molecule has 2 aromatic rings. The Hall–Kier alpha value is -1.89. The van der Waals surface area contributed by atoms with Crippen molar-refractivity contribution < 1.29 is 13.2 Å². The molecular formula is C12H13F3N4. The van der Waals surface area contributed by atoms with E-state index < -0.39 is 17.8 Å². The number of nitrogens with zero attached hydrogens (tertiary/aromatic N) is 3. The molecule has 1 atom stereocenters. The summed E-state index contributed by atoms with van der Waals surface area (Å²) in [6.07, 6.45) is 1.17. The molecule has 0 radical (unpaired) electrons. The normalized spacial score (nSPS) is 13.5. The Balaban J connectivity index is 2.54. The van der Waals surface area contributed by atoms with Crippen LogP contribution < -0.4 is 5.32 Å². The molecule has 1 unspecified atom stereocenters. The van der Waals surface area contributed by atoms with Crippen LogP contribution in [0.1, 0.15) is 23.0 Å². The largest absolute Gasteiger partial charge is 0.416 e. The highest BCUT2D eigenvalue weighted by atomic mass is 19.4. The molecule has 2 rings (SSSR count). The van der Waals surface area contributed by atoms with Gasteiger partial charge in [0.2, 0.25) is 0 Å². The number of pyridine rings is 1. The number of imidazole rings is 1. The van der Waals surface area contributed by atoms with Gasteiger partial charge < -0.3 is 9.88 Å². The highest BCUT2D eigenvalue weighted by Gasteiger charge is 2.36. The van der Waals surface area contributed by atoms with E-state index in [-0.39, 0.29) is 5.56 Å². The number of hydrogen-bond donors (Lipinski definition) is 1. The average molecular weight is 270 g/mol. The third kappa shape index (κ3) is 2.60. The predicted octanol–water partition coefficient (Wildman–Crippen LogP) is 2.14. The minimum absolute atomic E-state index is 0.0619. The Morgan fingerprint density at radius 2 is 2.05 bits per heavy atom. The molecule has 0 saturated heterocycles. The summed E-state index contributed by atoms with van der Waals surface area (Å²) >= 11 is 0. The molecule has 2 heterocycles. The second-order valence-corrected chi connectivity index (χ2v) is 4.08.